The van der Waals surface area contributed by atoms with Gasteiger partial charge in [-0.3, -0.25) is 4.90 Å². The van der Waals surface area contributed by atoms with Crippen LogP contribution in [0.15, 0.2) is 0 Å². The molecule has 3 unspecified atom stereocenters. The highest BCUT2D eigenvalue weighted by Crippen LogP contribution is 2.31. The number of carbonyl (C=O) groups is 1. The molecule has 0 radical (unpaired) electrons. The summed E-state index contributed by atoms with van der Waals surface area (Å²) in [5, 5.41) is 2.88. The molecule has 0 bridgehead atoms. The number of methoxy groups -OCH3 is 1. The van der Waals surface area contributed by atoms with Crippen LogP contribution in [-0.4, -0.2) is 49.8 Å². The second kappa shape index (κ2) is 5.69. The lowest BCUT2D eigenvalue weighted by atomic mass is 10.0. The summed E-state index contributed by atoms with van der Waals surface area (Å²) in [6.45, 7) is 2.79. The van der Waals surface area contributed by atoms with Crippen molar-refractivity contribution in [2.24, 2.45) is 11.7 Å². The molecule has 3 atom stereocenters. The molecule has 0 aromatic carbocycles. The lowest BCUT2D eigenvalue weighted by Gasteiger charge is -2.28. The van der Waals surface area contributed by atoms with Gasteiger partial charge in [0.15, 0.2) is 0 Å². The molecule has 5 nitrogen and oxygen atoms in total. The van der Waals surface area contributed by atoms with E-state index in [0.717, 1.165) is 26.1 Å². The van der Waals surface area contributed by atoms with E-state index < -0.39 is 0 Å². The molecule has 0 aromatic rings. The number of alkyl carbamates (subject to hydrolysis) is 1. The lowest BCUT2D eigenvalue weighted by Crippen LogP contribution is -2.42. The third-order valence-corrected chi connectivity index (χ3v) is 4.12. The Morgan fingerprint density at radius 3 is 3.00 bits per heavy atom. The van der Waals surface area contributed by atoms with Crippen molar-refractivity contribution in [1.82, 2.24) is 10.2 Å². The summed E-state index contributed by atoms with van der Waals surface area (Å²) in [7, 11) is 1.41. The summed E-state index contributed by atoms with van der Waals surface area (Å²) in [5.74, 6) is 0.645. The first-order valence-electron chi connectivity index (χ1n) is 6.53. The Morgan fingerprint density at radius 1 is 1.47 bits per heavy atom. The molecule has 1 aliphatic carbocycles. The van der Waals surface area contributed by atoms with Crippen molar-refractivity contribution in [1.29, 1.82) is 0 Å². The van der Waals surface area contributed by atoms with E-state index in [0.29, 0.717) is 12.0 Å². The number of nitrogens with zero attached hydrogens (tertiary/aromatic N) is 1. The molecule has 0 aromatic heterocycles. The van der Waals surface area contributed by atoms with Crippen molar-refractivity contribution in [2.75, 3.05) is 26.7 Å². The van der Waals surface area contributed by atoms with E-state index in [-0.39, 0.29) is 12.1 Å². The van der Waals surface area contributed by atoms with Crippen LogP contribution in [0.5, 0.6) is 0 Å². The van der Waals surface area contributed by atoms with Crippen LogP contribution in [0.1, 0.15) is 25.7 Å². The lowest BCUT2D eigenvalue weighted by molar-refractivity contribution is 0.163. The van der Waals surface area contributed by atoms with E-state index in [9.17, 15) is 4.79 Å². The molecule has 1 saturated heterocycles. The molecule has 98 valence electrons. The van der Waals surface area contributed by atoms with Crippen LogP contribution in [0.2, 0.25) is 0 Å². The summed E-state index contributed by atoms with van der Waals surface area (Å²) >= 11 is 0. The second-order valence-electron chi connectivity index (χ2n) is 5.11. The van der Waals surface area contributed by atoms with Crippen molar-refractivity contribution >= 4 is 6.09 Å². The first-order valence-corrected chi connectivity index (χ1v) is 6.53. The number of ether oxygens (including phenoxy) is 1. The van der Waals surface area contributed by atoms with Crippen molar-refractivity contribution in [3.05, 3.63) is 0 Å². The van der Waals surface area contributed by atoms with Crippen molar-refractivity contribution in [3.8, 4) is 0 Å². The van der Waals surface area contributed by atoms with Gasteiger partial charge in [0.25, 0.3) is 0 Å². The number of likely N-dealkylation sites (tertiary alicyclic amines) is 1. The van der Waals surface area contributed by atoms with Gasteiger partial charge in [0, 0.05) is 25.2 Å². The van der Waals surface area contributed by atoms with Crippen molar-refractivity contribution in [2.45, 2.75) is 37.8 Å². The maximum atomic E-state index is 11.1. The fraction of sp³-hybridized carbons (Fsp3) is 0.917. The molecule has 2 rings (SSSR count). The third kappa shape index (κ3) is 2.90. The zero-order chi connectivity index (χ0) is 12.3. The molecular formula is C12H23N3O2. The zero-order valence-electron chi connectivity index (χ0n) is 10.5. The number of carbonyl (C=O) groups excluding carboxylic acids is 1. The Hall–Kier alpha value is -0.810. The molecule has 1 amide bonds. The van der Waals surface area contributed by atoms with Crippen molar-refractivity contribution in [3.63, 3.8) is 0 Å². The molecule has 1 aliphatic heterocycles. The molecule has 5 heteroatoms. The number of nitrogens with one attached hydrogen (secondary N) is 1. The molecule has 1 saturated carbocycles. The van der Waals surface area contributed by atoms with Gasteiger partial charge in [-0.25, -0.2) is 4.79 Å². The van der Waals surface area contributed by atoms with Gasteiger partial charge >= 0.3 is 6.09 Å². The number of rotatable bonds is 3. The summed E-state index contributed by atoms with van der Waals surface area (Å²) in [5.41, 5.74) is 5.81. The molecule has 17 heavy (non-hydrogen) atoms. The largest absolute Gasteiger partial charge is 0.453 e. The minimum Gasteiger partial charge on any atom is -0.453 e. The minimum absolute atomic E-state index is 0.237. The molecule has 0 spiro atoms. The van der Waals surface area contributed by atoms with Crippen LogP contribution >= 0.6 is 0 Å². The number of hydrogen-bond donors (Lipinski definition) is 2. The second-order valence-corrected chi connectivity index (χ2v) is 5.11. The summed E-state index contributed by atoms with van der Waals surface area (Å²) in [4.78, 5) is 13.6. The highest BCUT2D eigenvalue weighted by atomic mass is 16.5. The smallest absolute Gasteiger partial charge is 0.407 e. The summed E-state index contributed by atoms with van der Waals surface area (Å²) in [6.07, 6.45) is 4.50. The highest BCUT2D eigenvalue weighted by molar-refractivity contribution is 5.67. The van der Waals surface area contributed by atoms with Gasteiger partial charge in [-0.2, -0.15) is 0 Å². The van der Waals surface area contributed by atoms with Crippen LogP contribution in [0.4, 0.5) is 4.79 Å². The van der Waals surface area contributed by atoms with Crippen LogP contribution in [0.3, 0.4) is 0 Å². The van der Waals surface area contributed by atoms with Gasteiger partial charge < -0.3 is 15.8 Å². The van der Waals surface area contributed by atoms with Gasteiger partial charge in [-0.15, -0.1) is 0 Å². The number of hydrogen-bond acceptors (Lipinski definition) is 4. The van der Waals surface area contributed by atoms with Crippen LogP contribution < -0.4 is 11.1 Å². The van der Waals surface area contributed by atoms with E-state index in [1.807, 2.05) is 0 Å². The normalized spacial score (nSPS) is 33.9. The van der Waals surface area contributed by atoms with Gasteiger partial charge in [0.2, 0.25) is 0 Å². The Bertz CT molecular complexity index is 272. The minimum atomic E-state index is -0.321. The fourth-order valence-electron chi connectivity index (χ4n) is 3.20. The van der Waals surface area contributed by atoms with Crippen LogP contribution in [0, 0.1) is 5.92 Å². The predicted octanol–water partition coefficient (Wildman–Crippen LogP) is 0.544. The summed E-state index contributed by atoms with van der Waals surface area (Å²) < 4.78 is 4.63. The Labute approximate surface area is 103 Å². The van der Waals surface area contributed by atoms with E-state index in [4.69, 9.17) is 5.73 Å². The highest BCUT2D eigenvalue weighted by Gasteiger charge is 2.35. The van der Waals surface area contributed by atoms with E-state index in [1.54, 1.807) is 0 Å². The molecule has 2 fully saturated rings. The summed E-state index contributed by atoms with van der Waals surface area (Å²) in [6, 6.07) is 0.867. The van der Waals surface area contributed by atoms with Crippen LogP contribution in [-0.2, 0) is 4.74 Å². The standard InChI is InChI=1S/C12H23N3O2/c1-17-12(16)14-10-5-6-15(8-10)11-4-2-3-9(11)7-13/h9-11H,2-8,13H2,1H3,(H,14,16). The number of nitrogens with two attached hydrogens (primary N) is 1. The Balaban J connectivity index is 1.83. The Kier molecular flexibility index (Phi) is 4.23. The van der Waals surface area contributed by atoms with E-state index in [2.05, 4.69) is 15.0 Å². The molecular weight excluding hydrogens is 218 g/mol. The average molecular weight is 241 g/mol. The number of amides is 1. The average Bonchev–Trinajstić information content (AvgIpc) is 2.95. The van der Waals surface area contributed by atoms with Gasteiger partial charge in [-0.1, -0.05) is 6.42 Å². The molecule has 1 heterocycles. The van der Waals surface area contributed by atoms with Gasteiger partial charge in [0.1, 0.15) is 0 Å². The third-order valence-electron chi connectivity index (χ3n) is 4.12. The van der Waals surface area contributed by atoms with Crippen molar-refractivity contribution < 1.29 is 9.53 Å². The van der Waals surface area contributed by atoms with Crippen LogP contribution in [0.25, 0.3) is 0 Å². The fourth-order valence-corrected chi connectivity index (χ4v) is 3.20. The zero-order valence-corrected chi connectivity index (χ0v) is 10.5. The van der Waals surface area contributed by atoms with E-state index in [1.165, 1.54) is 26.4 Å². The van der Waals surface area contributed by atoms with Gasteiger partial charge in [0.05, 0.1) is 7.11 Å². The SMILES string of the molecule is COC(=O)NC1CCN(C2CCCC2CN)C1. The Morgan fingerprint density at radius 2 is 2.29 bits per heavy atom. The topological polar surface area (TPSA) is 67.6 Å². The maximum Gasteiger partial charge on any atom is 0.407 e. The monoisotopic (exact) mass is 241 g/mol. The first-order chi connectivity index (χ1) is 8.24. The maximum absolute atomic E-state index is 11.1. The van der Waals surface area contributed by atoms with Gasteiger partial charge in [-0.05, 0) is 31.7 Å². The van der Waals surface area contributed by atoms with E-state index >= 15 is 0 Å². The molecule has 2 aliphatic rings. The predicted molar refractivity (Wildman–Crippen MR) is 65.7 cm³/mol. The quantitative estimate of drug-likeness (QED) is 0.757. The molecule has 3 N–H and O–H groups in total. The first kappa shape index (κ1) is 12.6.